The van der Waals surface area contributed by atoms with Gasteiger partial charge in [0.1, 0.15) is 17.5 Å². The summed E-state index contributed by atoms with van der Waals surface area (Å²) in [6.07, 6.45) is 5.24. The number of nitrogens with zero attached hydrogens (tertiary/aromatic N) is 3. The van der Waals surface area contributed by atoms with Crippen molar-refractivity contribution in [3.8, 4) is 0 Å². The van der Waals surface area contributed by atoms with E-state index >= 15 is 0 Å². The van der Waals surface area contributed by atoms with Crippen LogP contribution in [0.15, 0.2) is 6.07 Å². The summed E-state index contributed by atoms with van der Waals surface area (Å²) in [6, 6.07) is 2.71. The zero-order valence-electron chi connectivity index (χ0n) is 13.5. The van der Waals surface area contributed by atoms with Crippen LogP contribution in [0.2, 0.25) is 0 Å². The maximum absolute atomic E-state index is 4.81. The van der Waals surface area contributed by atoms with Gasteiger partial charge in [-0.25, -0.2) is 9.97 Å². The van der Waals surface area contributed by atoms with Gasteiger partial charge in [0.05, 0.1) is 0 Å². The fourth-order valence-electron chi connectivity index (χ4n) is 2.70. The van der Waals surface area contributed by atoms with E-state index in [0.29, 0.717) is 6.04 Å². The van der Waals surface area contributed by atoms with E-state index in [9.17, 15) is 0 Å². The van der Waals surface area contributed by atoms with E-state index in [1.54, 1.807) is 0 Å². The van der Waals surface area contributed by atoms with E-state index in [1.807, 2.05) is 0 Å². The highest BCUT2D eigenvalue weighted by molar-refractivity contribution is 5.50. The predicted molar refractivity (Wildman–Crippen MR) is 85.6 cm³/mol. The molecule has 1 aliphatic rings. The first-order valence-corrected chi connectivity index (χ1v) is 7.78. The molecule has 0 unspecified atom stereocenters. The molecule has 1 aliphatic carbocycles. The van der Waals surface area contributed by atoms with Gasteiger partial charge in [-0.2, -0.15) is 0 Å². The van der Waals surface area contributed by atoms with Crippen molar-refractivity contribution < 1.29 is 0 Å². The Kier molecular flexibility index (Phi) is 4.51. The van der Waals surface area contributed by atoms with Gasteiger partial charge < -0.3 is 10.2 Å². The summed E-state index contributed by atoms with van der Waals surface area (Å²) in [5, 5.41) is 3.33. The molecule has 1 aromatic rings. The lowest BCUT2D eigenvalue weighted by molar-refractivity contribution is 0.542. The molecule has 20 heavy (non-hydrogen) atoms. The van der Waals surface area contributed by atoms with Gasteiger partial charge in [-0.15, -0.1) is 0 Å². The third-order valence-electron chi connectivity index (χ3n) is 3.98. The van der Waals surface area contributed by atoms with Crippen molar-refractivity contribution >= 4 is 11.6 Å². The monoisotopic (exact) mass is 276 g/mol. The van der Waals surface area contributed by atoms with E-state index in [4.69, 9.17) is 4.98 Å². The molecule has 0 aliphatic heterocycles. The molecule has 1 fully saturated rings. The van der Waals surface area contributed by atoms with Crippen LogP contribution in [0.5, 0.6) is 0 Å². The zero-order valence-corrected chi connectivity index (χ0v) is 13.5. The molecule has 0 spiro atoms. The molecule has 2 rings (SSSR count). The van der Waals surface area contributed by atoms with Crippen molar-refractivity contribution in [2.45, 2.75) is 64.8 Å². The first-order valence-electron chi connectivity index (χ1n) is 7.78. The molecular formula is C16H28N4. The highest BCUT2D eigenvalue weighted by Gasteiger charge is 2.24. The maximum Gasteiger partial charge on any atom is 0.138 e. The molecule has 0 amide bonds. The first kappa shape index (κ1) is 15.1. The van der Waals surface area contributed by atoms with Crippen LogP contribution < -0.4 is 10.2 Å². The Morgan fingerprint density at radius 1 is 1.25 bits per heavy atom. The molecule has 0 aromatic carbocycles. The second-order valence-electron chi connectivity index (χ2n) is 6.76. The number of hydrogen-bond donors (Lipinski definition) is 1. The third-order valence-corrected chi connectivity index (χ3v) is 3.98. The Labute approximate surface area is 123 Å². The van der Waals surface area contributed by atoms with Crippen LogP contribution in [0.4, 0.5) is 11.6 Å². The van der Waals surface area contributed by atoms with Crippen LogP contribution in [-0.4, -0.2) is 29.6 Å². The standard InChI is InChI=1S/C16H28N4/c1-6-17-13-11-14(19-15(18-13)16(2,3)4)20(5)12-9-7-8-10-12/h11-12H,6-10H2,1-5H3,(H,17,18,19). The van der Waals surface area contributed by atoms with Gasteiger partial charge in [0.15, 0.2) is 0 Å². The summed E-state index contributed by atoms with van der Waals surface area (Å²) in [5.41, 5.74) is -0.0311. The molecule has 1 N–H and O–H groups in total. The van der Waals surface area contributed by atoms with Crippen LogP contribution in [0.1, 0.15) is 59.2 Å². The lowest BCUT2D eigenvalue weighted by Crippen LogP contribution is -2.31. The summed E-state index contributed by atoms with van der Waals surface area (Å²) >= 11 is 0. The second kappa shape index (κ2) is 5.98. The molecular weight excluding hydrogens is 248 g/mol. The maximum atomic E-state index is 4.81. The number of aromatic nitrogens is 2. The zero-order chi connectivity index (χ0) is 14.8. The van der Waals surface area contributed by atoms with Gasteiger partial charge in [-0.3, -0.25) is 0 Å². The molecule has 0 atom stereocenters. The molecule has 4 nitrogen and oxygen atoms in total. The van der Waals surface area contributed by atoms with E-state index in [2.05, 4.69) is 56.0 Å². The first-order chi connectivity index (χ1) is 9.41. The normalized spacial score (nSPS) is 16.4. The molecule has 0 radical (unpaired) electrons. The van der Waals surface area contributed by atoms with Crippen LogP contribution in [0, 0.1) is 0 Å². The Bertz CT molecular complexity index is 444. The molecule has 112 valence electrons. The van der Waals surface area contributed by atoms with Crippen LogP contribution >= 0.6 is 0 Å². The second-order valence-corrected chi connectivity index (χ2v) is 6.76. The lowest BCUT2D eigenvalue weighted by atomic mass is 9.95. The summed E-state index contributed by atoms with van der Waals surface area (Å²) in [5.74, 6) is 2.90. The highest BCUT2D eigenvalue weighted by Crippen LogP contribution is 2.29. The van der Waals surface area contributed by atoms with Crippen molar-refractivity contribution in [3.05, 3.63) is 11.9 Å². The fraction of sp³-hybridized carbons (Fsp3) is 0.750. The minimum atomic E-state index is -0.0311. The SMILES string of the molecule is CCNc1cc(N(C)C2CCCC2)nc(C(C)(C)C)n1. The van der Waals surface area contributed by atoms with Gasteiger partial charge in [-0.1, -0.05) is 33.6 Å². The van der Waals surface area contributed by atoms with Crippen molar-refractivity contribution in [2.24, 2.45) is 0 Å². The number of anilines is 2. The Morgan fingerprint density at radius 2 is 1.90 bits per heavy atom. The minimum absolute atomic E-state index is 0.0311. The van der Waals surface area contributed by atoms with Crippen molar-refractivity contribution in [2.75, 3.05) is 23.8 Å². The van der Waals surface area contributed by atoms with Gasteiger partial charge in [-0.05, 0) is 19.8 Å². The summed E-state index contributed by atoms with van der Waals surface area (Å²) in [4.78, 5) is 11.8. The van der Waals surface area contributed by atoms with Crippen LogP contribution in [-0.2, 0) is 5.41 Å². The fourth-order valence-corrected chi connectivity index (χ4v) is 2.70. The predicted octanol–water partition coefficient (Wildman–Crippen LogP) is 3.58. The lowest BCUT2D eigenvalue weighted by Gasteiger charge is -2.27. The van der Waals surface area contributed by atoms with Crippen molar-refractivity contribution in [1.29, 1.82) is 0 Å². The average molecular weight is 276 g/mol. The van der Waals surface area contributed by atoms with Crippen molar-refractivity contribution in [1.82, 2.24) is 9.97 Å². The quantitative estimate of drug-likeness (QED) is 0.912. The average Bonchev–Trinajstić information content (AvgIpc) is 2.90. The summed E-state index contributed by atoms with van der Waals surface area (Å²) in [7, 11) is 2.17. The highest BCUT2D eigenvalue weighted by atomic mass is 15.2. The smallest absolute Gasteiger partial charge is 0.138 e. The van der Waals surface area contributed by atoms with Gasteiger partial charge in [0.25, 0.3) is 0 Å². The molecule has 4 heteroatoms. The molecule has 0 bridgehead atoms. The summed E-state index contributed by atoms with van der Waals surface area (Å²) < 4.78 is 0. The summed E-state index contributed by atoms with van der Waals surface area (Å²) in [6.45, 7) is 9.47. The van der Waals surface area contributed by atoms with Gasteiger partial charge >= 0.3 is 0 Å². The van der Waals surface area contributed by atoms with E-state index in [1.165, 1.54) is 25.7 Å². The van der Waals surface area contributed by atoms with E-state index in [-0.39, 0.29) is 5.41 Å². The molecule has 1 heterocycles. The van der Waals surface area contributed by atoms with Crippen molar-refractivity contribution in [3.63, 3.8) is 0 Å². The minimum Gasteiger partial charge on any atom is -0.370 e. The van der Waals surface area contributed by atoms with E-state index in [0.717, 1.165) is 24.0 Å². The third kappa shape index (κ3) is 3.41. The topological polar surface area (TPSA) is 41.0 Å². The number of rotatable bonds is 4. The van der Waals surface area contributed by atoms with Crippen LogP contribution in [0.3, 0.4) is 0 Å². The molecule has 0 saturated heterocycles. The largest absolute Gasteiger partial charge is 0.370 e. The molecule has 1 saturated carbocycles. The van der Waals surface area contributed by atoms with Gasteiger partial charge in [0.2, 0.25) is 0 Å². The molecule has 1 aromatic heterocycles. The van der Waals surface area contributed by atoms with Gasteiger partial charge in [0, 0.05) is 31.1 Å². The Balaban J connectivity index is 2.32. The van der Waals surface area contributed by atoms with E-state index < -0.39 is 0 Å². The number of hydrogen-bond acceptors (Lipinski definition) is 4. The Hall–Kier alpha value is -1.32. The Morgan fingerprint density at radius 3 is 2.45 bits per heavy atom. The number of nitrogens with one attached hydrogen (secondary N) is 1. The van der Waals surface area contributed by atoms with Crippen LogP contribution in [0.25, 0.3) is 0 Å².